The van der Waals surface area contributed by atoms with Crippen molar-refractivity contribution < 1.29 is 19.1 Å². The summed E-state index contributed by atoms with van der Waals surface area (Å²) < 4.78 is 5.22. The number of carbonyl (C=O) groups is 2. The smallest absolute Gasteiger partial charge is 0.326 e. The molecule has 0 aliphatic carbocycles. The average molecular weight is 296 g/mol. The molecule has 6 nitrogen and oxygen atoms in total. The first kappa shape index (κ1) is 17.1. The highest BCUT2D eigenvalue weighted by atomic mass is 16.4. The molecule has 1 aromatic rings. The molecule has 0 aliphatic rings. The lowest BCUT2D eigenvalue weighted by Gasteiger charge is -2.28. The summed E-state index contributed by atoms with van der Waals surface area (Å²) in [5.41, 5.74) is -0.555. The molecule has 0 spiro atoms. The van der Waals surface area contributed by atoms with E-state index in [2.05, 4.69) is 10.6 Å². The lowest BCUT2D eigenvalue weighted by atomic mass is 9.87. The normalized spacial score (nSPS) is 14.3. The zero-order chi connectivity index (χ0) is 16.0. The van der Waals surface area contributed by atoms with Gasteiger partial charge in [-0.05, 0) is 30.9 Å². The maximum absolute atomic E-state index is 11.9. The number of carbonyl (C=O) groups excluding carboxylic acids is 1. The van der Waals surface area contributed by atoms with Crippen LogP contribution in [0.3, 0.4) is 0 Å². The Morgan fingerprint density at radius 3 is 2.48 bits per heavy atom. The summed E-state index contributed by atoms with van der Waals surface area (Å²) in [6.07, 6.45) is 3.05. The third-order valence-corrected chi connectivity index (χ3v) is 3.17. The number of amides is 2. The standard InChI is InChI=1S/C15H24N2O4/c1-10(7-8-11-6-5-9-21-11)16-14(20)17-12(13(18)19)15(2,3)4/h5-6,9-10,12H,7-8H2,1-4H3,(H,18,19)(H2,16,17,20). The third-order valence-electron chi connectivity index (χ3n) is 3.17. The molecule has 21 heavy (non-hydrogen) atoms. The predicted octanol–water partition coefficient (Wildman–Crippen LogP) is 2.40. The van der Waals surface area contributed by atoms with E-state index in [1.807, 2.05) is 19.1 Å². The van der Waals surface area contributed by atoms with Crippen LogP contribution in [0.1, 0.15) is 39.9 Å². The molecule has 0 radical (unpaired) electrons. The Bertz CT molecular complexity index is 463. The zero-order valence-electron chi connectivity index (χ0n) is 13.0. The number of aliphatic carboxylic acids is 1. The second-order valence-corrected chi connectivity index (χ2v) is 6.27. The second kappa shape index (κ2) is 7.15. The molecule has 6 heteroatoms. The van der Waals surface area contributed by atoms with E-state index < -0.39 is 23.5 Å². The molecule has 0 saturated carbocycles. The number of rotatable bonds is 6. The SMILES string of the molecule is CC(CCc1ccco1)NC(=O)NC(C(=O)O)C(C)(C)C. The first-order valence-electron chi connectivity index (χ1n) is 7.02. The van der Waals surface area contributed by atoms with Crippen LogP contribution < -0.4 is 10.6 Å². The third kappa shape index (κ3) is 5.89. The van der Waals surface area contributed by atoms with Crippen molar-refractivity contribution in [2.75, 3.05) is 0 Å². The Kier molecular flexibility index (Phi) is 5.81. The Hall–Kier alpha value is -1.98. The van der Waals surface area contributed by atoms with E-state index in [1.165, 1.54) is 0 Å². The van der Waals surface area contributed by atoms with Crippen molar-refractivity contribution in [1.82, 2.24) is 10.6 Å². The molecule has 1 aromatic heterocycles. The van der Waals surface area contributed by atoms with Crippen LogP contribution in [0, 0.1) is 5.41 Å². The second-order valence-electron chi connectivity index (χ2n) is 6.27. The van der Waals surface area contributed by atoms with Gasteiger partial charge in [0.2, 0.25) is 0 Å². The summed E-state index contributed by atoms with van der Waals surface area (Å²) >= 11 is 0. The molecule has 3 N–H and O–H groups in total. The van der Waals surface area contributed by atoms with E-state index in [1.54, 1.807) is 27.0 Å². The van der Waals surface area contributed by atoms with Gasteiger partial charge in [-0.3, -0.25) is 0 Å². The fraction of sp³-hybridized carbons (Fsp3) is 0.600. The van der Waals surface area contributed by atoms with Crippen LogP contribution >= 0.6 is 0 Å². The lowest BCUT2D eigenvalue weighted by molar-refractivity contribution is -0.141. The Morgan fingerprint density at radius 2 is 2.00 bits per heavy atom. The van der Waals surface area contributed by atoms with Crippen LogP contribution in [-0.4, -0.2) is 29.2 Å². The van der Waals surface area contributed by atoms with Gasteiger partial charge in [-0.2, -0.15) is 0 Å². The van der Waals surface area contributed by atoms with E-state index in [9.17, 15) is 9.59 Å². The molecule has 0 aliphatic heterocycles. The van der Waals surface area contributed by atoms with Crippen LogP contribution in [0.15, 0.2) is 22.8 Å². The average Bonchev–Trinajstić information content (AvgIpc) is 2.84. The van der Waals surface area contributed by atoms with E-state index >= 15 is 0 Å². The summed E-state index contributed by atoms with van der Waals surface area (Å²) in [6.45, 7) is 7.18. The van der Waals surface area contributed by atoms with Gasteiger partial charge in [0.1, 0.15) is 11.8 Å². The fourth-order valence-corrected chi connectivity index (χ4v) is 1.93. The van der Waals surface area contributed by atoms with E-state index in [0.29, 0.717) is 6.42 Å². The minimum atomic E-state index is -1.04. The van der Waals surface area contributed by atoms with Gasteiger partial charge in [0.15, 0.2) is 0 Å². The molecule has 2 amide bonds. The molecule has 0 fully saturated rings. The van der Waals surface area contributed by atoms with Gasteiger partial charge in [0, 0.05) is 12.5 Å². The van der Waals surface area contributed by atoms with Gasteiger partial charge >= 0.3 is 12.0 Å². The first-order valence-corrected chi connectivity index (χ1v) is 7.02. The van der Waals surface area contributed by atoms with Crippen LogP contribution in [-0.2, 0) is 11.2 Å². The van der Waals surface area contributed by atoms with Crippen molar-refractivity contribution in [2.45, 2.75) is 52.6 Å². The highest BCUT2D eigenvalue weighted by Gasteiger charge is 2.32. The Labute approximate surface area is 124 Å². The van der Waals surface area contributed by atoms with Crippen LogP contribution in [0.4, 0.5) is 4.79 Å². The van der Waals surface area contributed by atoms with Crippen molar-refractivity contribution in [3.63, 3.8) is 0 Å². The molecule has 0 aromatic carbocycles. The quantitative estimate of drug-likeness (QED) is 0.751. The molecular weight excluding hydrogens is 272 g/mol. The maximum Gasteiger partial charge on any atom is 0.326 e. The van der Waals surface area contributed by atoms with Gasteiger partial charge in [-0.1, -0.05) is 20.8 Å². The largest absolute Gasteiger partial charge is 0.480 e. The predicted molar refractivity (Wildman–Crippen MR) is 79.0 cm³/mol. The number of aryl methyl sites for hydroxylation is 1. The highest BCUT2D eigenvalue weighted by Crippen LogP contribution is 2.19. The van der Waals surface area contributed by atoms with Gasteiger partial charge in [0.05, 0.1) is 6.26 Å². The number of hydrogen-bond acceptors (Lipinski definition) is 3. The van der Waals surface area contributed by atoms with Crippen molar-refractivity contribution in [2.24, 2.45) is 5.41 Å². The minimum Gasteiger partial charge on any atom is -0.480 e. The number of carboxylic acid groups (broad SMARTS) is 1. The molecule has 0 saturated heterocycles. The van der Waals surface area contributed by atoms with Crippen molar-refractivity contribution >= 4 is 12.0 Å². The monoisotopic (exact) mass is 296 g/mol. The molecule has 1 heterocycles. The molecule has 2 atom stereocenters. The zero-order valence-corrected chi connectivity index (χ0v) is 13.0. The fourth-order valence-electron chi connectivity index (χ4n) is 1.93. The number of furan rings is 1. The van der Waals surface area contributed by atoms with Gasteiger partial charge in [0.25, 0.3) is 0 Å². The van der Waals surface area contributed by atoms with Crippen molar-refractivity contribution in [3.8, 4) is 0 Å². The van der Waals surface area contributed by atoms with Crippen molar-refractivity contribution in [1.29, 1.82) is 0 Å². The van der Waals surface area contributed by atoms with Gasteiger partial charge < -0.3 is 20.2 Å². The Morgan fingerprint density at radius 1 is 1.33 bits per heavy atom. The Balaban J connectivity index is 2.42. The number of nitrogens with one attached hydrogen (secondary N) is 2. The summed E-state index contributed by atoms with van der Waals surface area (Å²) in [6, 6.07) is 2.22. The van der Waals surface area contributed by atoms with Crippen LogP contribution in [0.25, 0.3) is 0 Å². The number of urea groups is 1. The number of carboxylic acids is 1. The van der Waals surface area contributed by atoms with Crippen molar-refractivity contribution in [3.05, 3.63) is 24.2 Å². The first-order chi connectivity index (χ1) is 9.70. The number of hydrogen-bond donors (Lipinski definition) is 3. The molecule has 0 bridgehead atoms. The maximum atomic E-state index is 11.9. The van der Waals surface area contributed by atoms with E-state index in [-0.39, 0.29) is 6.04 Å². The summed E-state index contributed by atoms with van der Waals surface area (Å²) in [5.74, 6) is -0.178. The van der Waals surface area contributed by atoms with Gasteiger partial charge in [-0.15, -0.1) is 0 Å². The molecule has 118 valence electrons. The summed E-state index contributed by atoms with van der Waals surface area (Å²) in [4.78, 5) is 23.1. The molecule has 2 unspecified atom stereocenters. The van der Waals surface area contributed by atoms with Crippen LogP contribution in [0.5, 0.6) is 0 Å². The van der Waals surface area contributed by atoms with Gasteiger partial charge in [-0.25, -0.2) is 9.59 Å². The van der Waals surface area contributed by atoms with E-state index in [4.69, 9.17) is 9.52 Å². The highest BCUT2D eigenvalue weighted by molar-refractivity contribution is 5.83. The summed E-state index contributed by atoms with van der Waals surface area (Å²) in [7, 11) is 0. The molecular formula is C15H24N2O4. The topological polar surface area (TPSA) is 91.6 Å². The molecule has 1 rings (SSSR count). The lowest BCUT2D eigenvalue weighted by Crippen LogP contribution is -2.53. The summed E-state index contributed by atoms with van der Waals surface area (Å²) in [5, 5.41) is 14.4. The van der Waals surface area contributed by atoms with Crippen LogP contribution in [0.2, 0.25) is 0 Å². The van der Waals surface area contributed by atoms with E-state index in [0.717, 1.165) is 12.2 Å². The minimum absolute atomic E-state index is 0.0792.